The van der Waals surface area contributed by atoms with Crippen LogP contribution in [0.5, 0.6) is 5.88 Å². The summed E-state index contributed by atoms with van der Waals surface area (Å²) in [7, 11) is 0. The SMILES string of the molecule is CCNc1ncc(Br)c(OC(C)COCC)n1. The fourth-order valence-electron chi connectivity index (χ4n) is 1.19. The minimum Gasteiger partial charge on any atom is -0.471 e. The number of aromatic nitrogens is 2. The average molecular weight is 304 g/mol. The van der Waals surface area contributed by atoms with Gasteiger partial charge in [0.15, 0.2) is 0 Å². The second-order valence-corrected chi connectivity index (χ2v) is 4.32. The number of halogens is 1. The molecule has 6 heteroatoms. The van der Waals surface area contributed by atoms with Crippen molar-refractivity contribution in [1.82, 2.24) is 9.97 Å². The molecule has 1 N–H and O–H groups in total. The Kier molecular flexibility index (Phi) is 6.21. The fraction of sp³-hybridized carbons (Fsp3) is 0.636. The summed E-state index contributed by atoms with van der Waals surface area (Å²) in [5.41, 5.74) is 0. The van der Waals surface area contributed by atoms with Crippen molar-refractivity contribution in [1.29, 1.82) is 0 Å². The molecule has 1 rings (SSSR count). The first-order valence-electron chi connectivity index (χ1n) is 5.68. The average Bonchev–Trinajstić information content (AvgIpc) is 2.31. The van der Waals surface area contributed by atoms with Gasteiger partial charge in [0.1, 0.15) is 6.10 Å². The third-order valence-electron chi connectivity index (χ3n) is 1.92. The predicted molar refractivity (Wildman–Crippen MR) is 70.5 cm³/mol. The summed E-state index contributed by atoms with van der Waals surface area (Å²) < 4.78 is 11.7. The Labute approximate surface area is 110 Å². The first kappa shape index (κ1) is 14.2. The maximum atomic E-state index is 5.67. The molecule has 1 aromatic heterocycles. The van der Waals surface area contributed by atoms with E-state index in [1.54, 1.807) is 6.20 Å². The zero-order valence-corrected chi connectivity index (χ0v) is 12.0. The van der Waals surface area contributed by atoms with E-state index in [4.69, 9.17) is 9.47 Å². The predicted octanol–water partition coefficient (Wildman–Crippen LogP) is 2.47. The van der Waals surface area contributed by atoms with Gasteiger partial charge in [-0.15, -0.1) is 0 Å². The molecule has 0 aliphatic carbocycles. The molecule has 1 atom stereocenters. The molecule has 0 bridgehead atoms. The molecule has 0 radical (unpaired) electrons. The van der Waals surface area contributed by atoms with Crippen molar-refractivity contribution in [2.75, 3.05) is 25.1 Å². The minimum absolute atomic E-state index is 0.0457. The standard InChI is InChI=1S/C11H18BrN3O2/c1-4-13-11-14-6-9(12)10(15-11)17-8(3)7-16-5-2/h6,8H,4-5,7H2,1-3H3,(H,13,14,15). The highest BCUT2D eigenvalue weighted by Gasteiger charge is 2.10. The van der Waals surface area contributed by atoms with Crippen molar-refractivity contribution in [3.63, 3.8) is 0 Å². The highest BCUT2D eigenvalue weighted by molar-refractivity contribution is 9.10. The number of nitrogens with zero attached hydrogens (tertiary/aromatic N) is 2. The van der Waals surface area contributed by atoms with E-state index >= 15 is 0 Å². The Hall–Kier alpha value is -0.880. The van der Waals surface area contributed by atoms with Crippen molar-refractivity contribution in [2.24, 2.45) is 0 Å². The maximum Gasteiger partial charge on any atom is 0.233 e. The van der Waals surface area contributed by atoms with Gasteiger partial charge in [-0.25, -0.2) is 4.98 Å². The van der Waals surface area contributed by atoms with E-state index in [0.717, 1.165) is 11.0 Å². The van der Waals surface area contributed by atoms with Gasteiger partial charge in [-0.3, -0.25) is 0 Å². The van der Waals surface area contributed by atoms with E-state index in [0.29, 0.717) is 25.0 Å². The fourth-order valence-corrected chi connectivity index (χ4v) is 1.47. The Morgan fingerprint density at radius 1 is 1.47 bits per heavy atom. The molecule has 0 saturated carbocycles. The first-order chi connectivity index (χ1) is 8.17. The molecule has 0 aliphatic heterocycles. The van der Waals surface area contributed by atoms with Gasteiger partial charge in [-0.05, 0) is 36.7 Å². The first-order valence-corrected chi connectivity index (χ1v) is 6.47. The molecule has 17 heavy (non-hydrogen) atoms. The van der Waals surface area contributed by atoms with Crippen LogP contribution in [0.25, 0.3) is 0 Å². The third kappa shape index (κ3) is 4.87. The van der Waals surface area contributed by atoms with E-state index in [2.05, 4.69) is 31.2 Å². The van der Waals surface area contributed by atoms with Gasteiger partial charge in [-0.2, -0.15) is 4.98 Å². The van der Waals surface area contributed by atoms with E-state index < -0.39 is 0 Å². The summed E-state index contributed by atoms with van der Waals surface area (Å²) in [6, 6.07) is 0. The van der Waals surface area contributed by atoms with Crippen LogP contribution < -0.4 is 10.1 Å². The van der Waals surface area contributed by atoms with Crippen molar-refractivity contribution < 1.29 is 9.47 Å². The Morgan fingerprint density at radius 3 is 2.88 bits per heavy atom. The van der Waals surface area contributed by atoms with E-state index in [1.165, 1.54) is 0 Å². The number of ether oxygens (including phenoxy) is 2. The summed E-state index contributed by atoms with van der Waals surface area (Å²) in [6.07, 6.45) is 1.63. The van der Waals surface area contributed by atoms with Gasteiger partial charge >= 0.3 is 0 Å². The molecule has 1 unspecified atom stereocenters. The summed E-state index contributed by atoms with van der Waals surface area (Å²) in [5, 5.41) is 3.04. The number of rotatable bonds is 7. The van der Waals surface area contributed by atoms with E-state index in [9.17, 15) is 0 Å². The van der Waals surface area contributed by atoms with Crippen LogP contribution >= 0.6 is 15.9 Å². The van der Waals surface area contributed by atoms with Crippen LogP contribution in [-0.2, 0) is 4.74 Å². The second kappa shape index (κ2) is 7.45. The number of hydrogen-bond acceptors (Lipinski definition) is 5. The van der Waals surface area contributed by atoms with Crippen LogP contribution in [0.2, 0.25) is 0 Å². The van der Waals surface area contributed by atoms with Gasteiger partial charge in [0.2, 0.25) is 11.8 Å². The van der Waals surface area contributed by atoms with Gasteiger partial charge in [-0.1, -0.05) is 0 Å². The Bertz CT molecular complexity index is 349. The molecule has 0 fully saturated rings. The molecule has 5 nitrogen and oxygen atoms in total. The molecule has 0 saturated heterocycles. The van der Waals surface area contributed by atoms with Gasteiger partial charge < -0.3 is 14.8 Å². The minimum atomic E-state index is -0.0457. The third-order valence-corrected chi connectivity index (χ3v) is 2.46. The molecule has 1 aromatic rings. The van der Waals surface area contributed by atoms with Crippen molar-refractivity contribution in [3.05, 3.63) is 10.7 Å². The smallest absolute Gasteiger partial charge is 0.233 e. The molecule has 0 amide bonds. The van der Waals surface area contributed by atoms with Gasteiger partial charge in [0.05, 0.1) is 17.3 Å². The molecular weight excluding hydrogens is 286 g/mol. The summed E-state index contributed by atoms with van der Waals surface area (Å²) in [6.45, 7) is 7.89. The number of nitrogens with one attached hydrogen (secondary N) is 1. The van der Waals surface area contributed by atoms with Gasteiger partial charge in [0, 0.05) is 13.2 Å². The van der Waals surface area contributed by atoms with Crippen molar-refractivity contribution >= 4 is 21.9 Å². The quantitative estimate of drug-likeness (QED) is 0.838. The van der Waals surface area contributed by atoms with Crippen LogP contribution in [0.3, 0.4) is 0 Å². The summed E-state index contributed by atoms with van der Waals surface area (Å²) in [4.78, 5) is 8.38. The lowest BCUT2D eigenvalue weighted by molar-refractivity contribution is 0.0629. The maximum absolute atomic E-state index is 5.67. The molecule has 96 valence electrons. The molecule has 0 aromatic carbocycles. The highest BCUT2D eigenvalue weighted by Crippen LogP contribution is 2.23. The highest BCUT2D eigenvalue weighted by atomic mass is 79.9. The van der Waals surface area contributed by atoms with Crippen LogP contribution in [0.15, 0.2) is 10.7 Å². The second-order valence-electron chi connectivity index (χ2n) is 3.46. The van der Waals surface area contributed by atoms with Crippen LogP contribution in [0, 0.1) is 0 Å². The molecular formula is C11H18BrN3O2. The number of hydrogen-bond donors (Lipinski definition) is 1. The monoisotopic (exact) mass is 303 g/mol. The van der Waals surface area contributed by atoms with E-state index in [1.807, 2.05) is 20.8 Å². The van der Waals surface area contributed by atoms with Gasteiger partial charge in [0.25, 0.3) is 0 Å². The van der Waals surface area contributed by atoms with Crippen LogP contribution in [0.1, 0.15) is 20.8 Å². The van der Waals surface area contributed by atoms with Crippen LogP contribution in [0.4, 0.5) is 5.95 Å². The lowest BCUT2D eigenvalue weighted by Crippen LogP contribution is -2.20. The van der Waals surface area contributed by atoms with Crippen molar-refractivity contribution in [2.45, 2.75) is 26.9 Å². The topological polar surface area (TPSA) is 56.3 Å². The Morgan fingerprint density at radius 2 is 2.24 bits per heavy atom. The largest absolute Gasteiger partial charge is 0.471 e. The molecule has 1 heterocycles. The summed E-state index contributed by atoms with van der Waals surface area (Å²) >= 11 is 3.36. The van der Waals surface area contributed by atoms with Crippen molar-refractivity contribution in [3.8, 4) is 5.88 Å². The zero-order valence-electron chi connectivity index (χ0n) is 10.4. The number of anilines is 1. The molecule has 0 spiro atoms. The summed E-state index contributed by atoms with van der Waals surface area (Å²) in [5.74, 6) is 1.09. The zero-order chi connectivity index (χ0) is 12.7. The van der Waals surface area contributed by atoms with Crippen LogP contribution in [-0.4, -0.2) is 35.8 Å². The Balaban J connectivity index is 2.64. The molecule has 0 aliphatic rings. The lowest BCUT2D eigenvalue weighted by atomic mass is 10.4. The lowest BCUT2D eigenvalue weighted by Gasteiger charge is -2.15. The normalized spacial score (nSPS) is 12.2. The van der Waals surface area contributed by atoms with E-state index in [-0.39, 0.29) is 6.10 Å².